The number of likely N-dealkylation sites (N-methyl/N-ethyl adjacent to an activating group) is 1. The first-order valence-corrected chi connectivity index (χ1v) is 7.33. The topological polar surface area (TPSA) is 62.8 Å². The SMILES string of the molecule is CN(CC(=O)Nc1ccc2c(c1)OCO2)C1CCNCC1. The molecule has 6 heteroatoms. The van der Waals surface area contributed by atoms with Crippen LogP contribution in [0.15, 0.2) is 18.2 Å². The molecule has 0 atom stereocenters. The van der Waals surface area contributed by atoms with Gasteiger partial charge in [-0.05, 0) is 45.1 Å². The molecule has 0 unspecified atom stereocenters. The molecule has 21 heavy (non-hydrogen) atoms. The third-order valence-corrected chi connectivity index (χ3v) is 3.98. The molecular weight excluding hydrogens is 270 g/mol. The number of hydrogen-bond donors (Lipinski definition) is 2. The van der Waals surface area contributed by atoms with Gasteiger partial charge in [-0.1, -0.05) is 0 Å². The lowest BCUT2D eigenvalue weighted by molar-refractivity contribution is -0.117. The van der Waals surface area contributed by atoms with Crippen LogP contribution in [0.25, 0.3) is 0 Å². The molecule has 114 valence electrons. The molecule has 2 heterocycles. The lowest BCUT2D eigenvalue weighted by atomic mass is 10.1. The second-order valence-electron chi connectivity index (χ2n) is 5.51. The van der Waals surface area contributed by atoms with Gasteiger partial charge in [0.2, 0.25) is 12.7 Å². The van der Waals surface area contributed by atoms with Gasteiger partial charge in [-0.15, -0.1) is 0 Å². The maximum absolute atomic E-state index is 12.1. The third kappa shape index (κ3) is 3.46. The van der Waals surface area contributed by atoms with Crippen LogP contribution in [0.4, 0.5) is 5.69 Å². The summed E-state index contributed by atoms with van der Waals surface area (Å²) in [4.78, 5) is 14.3. The summed E-state index contributed by atoms with van der Waals surface area (Å²) < 4.78 is 10.6. The fourth-order valence-electron chi connectivity index (χ4n) is 2.78. The Hall–Kier alpha value is -1.79. The first-order chi connectivity index (χ1) is 10.2. The number of piperidine rings is 1. The maximum atomic E-state index is 12.1. The zero-order valence-electron chi connectivity index (χ0n) is 12.2. The van der Waals surface area contributed by atoms with E-state index in [9.17, 15) is 4.79 Å². The van der Waals surface area contributed by atoms with Crippen molar-refractivity contribution in [3.63, 3.8) is 0 Å². The van der Waals surface area contributed by atoms with Crippen molar-refractivity contribution in [1.82, 2.24) is 10.2 Å². The fourth-order valence-corrected chi connectivity index (χ4v) is 2.78. The number of rotatable bonds is 4. The van der Waals surface area contributed by atoms with Gasteiger partial charge in [-0.25, -0.2) is 0 Å². The minimum atomic E-state index is -0.00472. The number of benzene rings is 1. The number of anilines is 1. The molecule has 1 fully saturated rings. The van der Waals surface area contributed by atoms with Gasteiger partial charge in [0, 0.05) is 17.8 Å². The number of carbonyl (C=O) groups excluding carboxylic acids is 1. The molecule has 2 aliphatic heterocycles. The van der Waals surface area contributed by atoms with Gasteiger partial charge in [-0.3, -0.25) is 9.69 Å². The Morgan fingerprint density at radius 3 is 2.90 bits per heavy atom. The smallest absolute Gasteiger partial charge is 0.238 e. The van der Waals surface area contributed by atoms with Crippen molar-refractivity contribution >= 4 is 11.6 Å². The minimum absolute atomic E-state index is 0.00472. The quantitative estimate of drug-likeness (QED) is 0.868. The Bertz CT molecular complexity index is 515. The Labute approximate surface area is 124 Å². The van der Waals surface area contributed by atoms with E-state index in [1.54, 1.807) is 6.07 Å². The van der Waals surface area contributed by atoms with E-state index in [4.69, 9.17) is 9.47 Å². The lowest BCUT2D eigenvalue weighted by Gasteiger charge is -2.31. The predicted molar refractivity (Wildman–Crippen MR) is 79.7 cm³/mol. The highest BCUT2D eigenvalue weighted by atomic mass is 16.7. The zero-order chi connectivity index (χ0) is 14.7. The number of ether oxygens (including phenoxy) is 2. The van der Waals surface area contributed by atoms with Gasteiger partial charge in [-0.2, -0.15) is 0 Å². The number of nitrogens with one attached hydrogen (secondary N) is 2. The van der Waals surface area contributed by atoms with Gasteiger partial charge in [0.25, 0.3) is 0 Å². The summed E-state index contributed by atoms with van der Waals surface area (Å²) in [6, 6.07) is 5.92. The summed E-state index contributed by atoms with van der Waals surface area (Å²) in [5, 5.41) is 6.24. The molecule has 2 N–H and O–H groups in total. The molecule has 0 saturated carbocycles. The van der Waals surface area contributed by atoms with Crippen LogP contribution >= 0.6 is 0 Å². The van der Waals surface area contributed by atoms with E-state index in [1.165, 1.54) is 0 Å². The molecule has 2 aliphatic rings. The van der Waals surface area contributed by atoms with Crippen LogP contribution < -0.4 is 20.1 Å². The van der Waals surface area contributed by atoms with Crippen molar-refractivity contribution in [2.45, 2.75) is 18.9 Å². The summed E-state index contributed by atoms with van der Waals surface area (Å²) in [6.45, 7) is 2.70. The van der Waals surface area contributed by atoms with Crippen molar-refractivity contribution in [1.29, 1.82) is 0 Å². The fraction of sp³-hybridized carbons (Fsp3) is 0.533. The summed E-state index contributed by atoms with van der Waals surface area (Å²) >= 11 is 0. The molecule has 0 aromatic heterocycles. The summed E-state index contributed by atoms with van der Waals surface area (Å²) in [5.74, 6) is 1.40. The van der Waals surface area contributed by atoms with Crippen LogP contribution in [0.5, 0.6) is 11.5 Å². The first-order valence-electron chi connectivity index (χ1n) is 7.33. The molecule has 0 spiro atoms. The van der Waals surface area contributed by atoms with Crippen LogP contribution in [0.2, 0.25) is 0 Å². The zero-order valence-corrected chi connectivity index (χ0v) is 12.2. The Balaban J connectivity index is 1.53. The maximum Gasteiger partial charge on any atom is 0.238 e. The largest absolute Gasteiger partial charge is 0.454 e. The second kappa shape index (κ2) is 6.32. The van der Waals surface area contributed by atoms with Crippen molar-refractivity contribution in [2.75, 3.05) is 38.8 Å². The van der Waals surface area contributed by atoms with E-state index >= 15 is 0 Å². The first kappa shape index (κ1) is 14.2. The van der Waals surface area contributed by atoms with Crippen LogP contribution in [0, 0.1) is 0 Å². The number of amides is 1. The highest BCUT2D eigenvalue weighted by molar-refractivity contribution is 5.92. The highest BCUT2D eigenvalue weighted by Crippen LogP contribution is 2.34. The molecule has 1 aromatic carbocycles. The Morgan fingerprint density at radius 2 is 2.10 bits per heavy atom. The number of hydrogen-bond acceptors (Lipinski definition) is 5. The van der Waals surface area contributed by atoms with Crippen LogP contribution in [-0.2, 0) is 4.79 Å². The molecular formula is C15H21N3O3. The van der Waals surface area contributed by atoms with E-state index in [0.29, 0.717) is 18.3 Å². The lowest BCUT2D eigenvalue weighted by Crippen LogP contribution is -2.44. The minimum Gasteiger partial charge on any atom is -0.454 e. The summed E-state index contributed by atoms with van der Waals surface area (Å²) in [6.07, 6.45) is 2.18. The molecule has 0 aliphatic carbocycles. The average molecular weight is 291 g/mol. The summed E-state index contributed by atoms with van der Waals surface area (Å²) in [5.41, 5.74) is 0.739. The molecule has 1 saturated heterocycles. The van der Waals surface area contributed by atoms with Crippen LogP contribution in [0.3, 0.4) is 0 Å². The molecule has 3 rings (SSSR count). The van der Waals surface area contributed by atoms with E-state index < -0.39 is 0 Å². The molecule has 0 radical (unpaired) electrons. The number of nitrogens with zero attached hydrogens (tertiary/aromatic N) is 1. The van der Waals surface area contributed by atoms with E-state index in [2.05, 4.69) is 15.5 Å². The van der Waals surface area contributed by atoms with Crippen LogP contribution in [0.1, 0.15) is 12.8 Å². The monoisotopic (exact) mass is 291 g/mol. The van der Waals surface area contributed by atoms with Gasteiger partial charge in [0.1, 0.15) is 0 Å². The Kier molecular flexibility index (Phi) is 4.26. The number of fused-ring (bicyclic) bond motifs is 1. The normalized spacial score (nSPS) is 18.0. The van der Waals surface area contributed by atoms with Crippen molar-refractivity contribution < 1.29 is 14.3 Å². The molecule has 1 amide bonds. The average Bonchev–Trinajstić information content (AvgIpc) is 2.95. The highest BCUT2D eigenvalue weighted by Gasteiger charge is 2.20. The molecule has 6 nitrogen and oxygen atoms in total. The van der Waals surface area contributed by atoms with Gasteiger partial charge < -0.3 is 20.1 Å². The number of carbonyl (C=O) groups is 1. The van der Waals surface area contributed by atoms with E-state index in [1.807, 2.05) is 19.2 Å². The molecule has 0 bridgehead atoms. The second-order valence-corrected chi connectivity index (χ2v) is 5.51. The van der Waals surface area contributed by atoms with Crippen LogP contribution in [-0.4, -0.2) is 50.3 Å². The van der Waals surface area contributed by atoms with Gasteiger partial charge in [0.15, 0.2) is 11.5 Å². The standard InChI is InChI=1S/C15H21N3O3/c1-18(12-4-6-16-7-5-12)9-15(19)17-11-2-3-13-14(8-11)21-10-20-13/h2-3,8,12,16H,4-7,9-10H2,1H3,(H,17,19). The van der Waals surface area contributed by atoms with E-state index in [0.717, 1.165) is 37.4 Å². The van der Waals surface area contributed by atoms with Crippen molar-refractivity contribution in [2.24, 2.45) is 0 Å². The van der Waals surface area contributed by atoms with Crippen molar-refractivity contribution in [3.8, 4) is 11.5 Å². The van der Waals surface area contributed by atoms with Crippen molar-refractivity contribution in [3.05, 3.63) is 18.2 Å². The molecule has 1 aromatic rings. The third-order valence-electron chi connectivity index (χ3n) is 3.98. The van der Waals surface area contributed by atoms with Gasteiger partial charge in [0.05, 0.1) is 6.54 Å². The predicted octanol–water partition coefficient (Wildman–Crippen LogP) is 1.04. The van der Waals surface area contributed by atoms with Gasteiger partial charge >= 0.3 is 0 Å². The summed E-state index contributed by atoms with van der Waals surface area (Å²) in [7, 11) is 2.01. The Morgan fingerprint density at radius 1 is 1.33 bits per heavy atom. The van der Waals surface area contributed by atoms with E-state index in [-0.39, 0.29) is 12.7 Å².